The number of non-ortho nitro benzene ring substituents is 1. The van der Waals surface area contributed by atoms with Gasteiger partial charge in [0, 0.05) is 42.3 Å². The van der Waals surface area contributed by atoms with Crippen LogP contribution < -0.4 is 10.6 Å². The maximum absolute atomic E-state index is 12.9. The molecule has 2 aliphatic rings. The highest BCUT2D eigenvalue weighted by molar-refractivity contribution is 6.35. The number of nitrogens with two attached hydrogens (primary N) is 1. The maximum Gasteiger partial charge on any atom is 0.270 e. The number of hydrogen-bond donors (Lipinski definition) is 1. The van der Waals surface area contributed by atoms with Crippen molar-refractivity contribution in [3.8, 4) is 0 Å². The average molecular weight is 395 g/mol. The molecule has 4 rings (SSSR count). The molecule has 2 N–H and O–H groups in total. The minimum Gasteiger partial charge on any atom is -0.343 e. The lowest BCUT2D eigenvalue weighted by Crippen LogP contribution is -2.30. The molecule has 0 radical (unpaired) electrons. The zero-order chi connectivity index (χ0) is 20.6. The van der Waals surface area contributed by atoms with E-state index in [0.717, 1.165) is 16.8 Å². The molecule has 2 aliphatic heterocycles. The number of carbonyl (C=O) groups excluding carboxylic acids is 1. The first-order valence-electron chi connectivity index (χ1n) is 9.32. The van der Waals surface area contributed by atoms with Gasteiger partial charge in [0.05, 0.1) is 23.8 Å². The molecule has 1 saturated heterocycles. The van der Waals surface area contributed by atoms with Gasteiger partial charge in [-0.05, 0) is 30.3 Å². The van der Waals surface area contributed by atoms with E-state index >= 15 is 0 Å². The summed E-state index contributed by atoms with van der Waals surface area (Å²) in [5.41, 5.74) is 9.08. The summed E-state index contributed by atoms with van der Waals surface area (Å²) >= 11 is 0. The molecule has 0 atom stereocenters. The van der Waals surface area contributed by atoms with Crippen LogP contribution in [-0.4, -0.2) is 37.6 Å². The molecule has 2 heterocycles. The molecule has 0 saturated carbocycles. The molecule has 2 aromatic rings. The number of nitrogens with zero attached hydrogens (tertiary/aromatic N) is 2. The Morgan fingerprint density at radius 2 is 2.00 bits per heavy atom. The summed E-state index contributed by atoms with van der Waals surface area (Å²) in [4.78, 5) is 25.0. The lowest BCUT2D eigenvalue weighted by molar-refractivity contribution is -0.384. The second kappa shape index (κ2) is 7.40. The van der Waals surface area contributed by atoms with Crippen LogP contribution in [0, 0.1) is 10.1 Å². The summed E-state index contributed by atoms with van der Waals surface area (Å²) in [6, 6.07) is 11.8. The van der Waals surface area contributed by atoms with Gasteiger partial charge in [-0.2, -0.15) is 0 Å². The molecule has 150 valence electrons. The summed E-state index contributed by atoms with van der Waals surface area (Å²) in [6.07, 6.45) is 2.17. The van der Waals surface area contributed by atoms with Crippen LogP contribution >= 0.6 is 0 Å². The molecule has 29 heavy (non-hydrogen) atoms. The number of nitro benzene ring substituents is 1. The predicted molar refractivity (Wildman–Crippen MR) is 108 cm³/mol. The second-order valence-electron chi connectivity index (χ2n) is 6.99. The minimum absolute atomic E-state index is 0.0261. The fourth-order valence-electron chi connectivity index (χ4n) is 3.82. The first-order valence-corrected chi connectivity index (χ1v) is 9.32. The standard InChI is InChI=1S/C21H21N3O5/c1-23-19-6-5-15(21(7-8-22)28-9-10-29-21)13-17(19)18(20(23)25)12-14-3-2-4-16(11-14)24(26)27/h2-6,11-13H,7-10,22H2,1H3/b18-12-. The van der Waals surface area contributed by atoms with E-state index in [2.05, 4.69) is 0 Å². The van der Waals surface area contributed by atoms with Gasteiger partial charge in [-0.15, -0.1) is 0 Å². The Labute approximate surface area is 167 Å². The number of fused-ring (bicyclic) bond motifs is 1. The van der Waals surface area contributed by atoms with Gasteiger partial charge in [0.2, 0.25) is 0 Å². The maximum atomic E-state index is 12.9. The van der Waals surface area contributed by atoms with E-state index < -0.39 is 10.7 Å². The number of ether oxygens (including phenoxy) is 2. The first-order chi connectivity index (χ1) is 13.9. The van der Waals surface area contributed by atoms with Crippen LogP contribution in [0.4, 0.5) is 11.4 Å². The molecule has 0 unspecified atom stereocenters. The number of rotatable bonds is 5. The van der Waals surface area contributed by atoms with E-state index in [1.807, 2.05) is 18.2 Å². The number of hydrogen-bond acceptors (Lipinski definition) is 6. The van der Waals surface area contributed by atoms with Gasteiger partial charge >= 0.3 is 0 Å². The Kier molecular flexibility index (Phi) is 4.91. The first kappa shape index (κ1) is 19.3. The fourth-order valence-corrected chi connectivity index (χ4v) is 3.82. The van der Waals surface area contributed by atoms with Crippen molar-refractivity contribution in [2.45, 2.75) is 12.2 Å². The van der Waals surface area contributed by atoms with Crippen LogP contribution in [0.3, 0.4) is 0 Å². The Morgan fingerprint density at radius 1 is 1.24 bits per heavy atom. The molecule has 0 spiro atoms. The highest BCUT2D eigenvalue weighted by atomic mass is 16.7. The number of carbonyl (C=O) groups is 1. The zero-order valence-corrected chi connectivity index (χ0v) is 16.0. The third kappa shape index (κ3) is 3.31. The minimum atomic E-state index is -0.912. The Morgan fingerprint density at radius 3 is 2.69 bits per heavy atom. The van der Waals surface area contributed by atoms with Gasteiger partial charge in [0.15, 0.2) is 5.79 Å². The van der Waals surface area contributed by atoms with Crippen molar-refractivity contribution in [1.29, 1.82) is 0 Å². The average Bonchev–Trinajstić information content (AvgIpc) is 3.28. The van der Waals surface area contributed by atoms with Gasteiger partial charge < -0.3 is 20.1 Å². The van der Waals surface area contributed by atoms with E-state index in [4.69, 9.17) is 15.2 Å². The summed E-state index contributed by atoms with van der Waals surface area (Å²) in [5.74, 6) is -1.09. The van der Waals surface area contributed by atoms with E-state index in [0.29, 0.717) is 37.3 Å². The topological polar surface area (TPSA) is 108 Å². The van der Waals surface area contributed by atoms with Crippen LogP contribution in [0.2, 0.25) is 0 Å². The molecule has 8 nitrogen and oxygen atoms in total. The summed E-state index contributed by atoms with van der Waals surface area (Å²) in [6.45, 7) is 1.35. The second-order valence-corrected chi connectivity index (χ2v) is 6.99. The van der Waals surface area contributed by atoms with Crippen molar-refractivity contribution in [2.75, 3.05) is 31.7 Å². The van der Waals surface area contributed by atoms with Gasteiger partial charge in [0.1, 0.15) is 0 Å². The molecular formula is C21H21N3O5. The predicted octanol–water partition coefficient (Wildman–Crippen LogP) is 2.66. The third-order valence-electron chi connectivity index (χ3n) is 5.24. The Balaban J connectivity index is 1.80. The van der Waals surface area contributed by atoms with Crippen molar-refractivity contribution < 1.29 is 19.2 Å². The third-order valence-corrected chi connectivity index (χ3v) is 5.24. The van der Waals surface area contributed by atoms with Gasteiger partial charge in [-0.1, -0.05) is 18.2 Å². The highest BCUT2D eigenvalue weighted by Crippen LogP contribution is 2.42. The number of likely N-dealkylation sites (N-methyl/N-ethyl adjacent to an activating group) is 1. The van der Waals surface area contributed by atoms with Crippen LogP contribution in [0.15, 0.2) is 42.5 Å². The number of anilines is 1. The van der Waals surface area contributed by atoms with Crippen molar-refractivity contribution in [3.63, 3.8) is 0 Å². The Hall–Kier alpha value is -3.07. The monoisotopic (exact) mass is 395 g/mol. The molecule has 0 bridgehead atoms. The Bertz CT molecular complexity index is 1010. The van der Waals surface area contributed by atoms with Crippen molar-refractivity contribution >= 4 is 28.9 Å². The largest absolute Gasteiger partial charge is 0.343 e. The lowest BCUT2D eigenvalue weighted by Gasteiger charge is -2.28. The molecule has 0 aromatic heterocycles. The van der Waals surface area contributed by atoms with Crippen LogP contribution in [-0.2, 0) is 20.1 Å². The molecule has 1 fully saturated rings. The molecule has 2 aromatic carbocycles. The van der Waals surface area contributed by atoms with E-state index in [-0.39, 0.29) is 11.6 Å². The highest BCUT2D eigenvalue weighted by Gasteiger charge is 2.40. The SMILES string of the molecule is CN1C(=O)/C(=C\c2cccc([N+](=O)[O-])c2)c2cc(C3(CCN)OCCO3)ccc21. The smallest absolute Gasteiger partial charge is 0.270 e. The van der Waals surface area contributed by atoms with Crippen LogP contribution in [0.1, 0.15) is 23.1 Å². The number of nitro groups is 1. The lowest BCUT2D eigenvalue weighted by atomic mass is 9.96. The quantitative estimate of drug-likeness (QED) is 0.474. The van der Waals surface area contributed by atoms with Gasteiger partial charge in [0.25, 0.3) is 11.6 Å². The van der Waals surface area contributed by atoms with Crippen LogP contribution in [0.25, 0.3) is 11.6 Å². The summed E-state index contributed by atoms with van der Waals surface area (Å²) in [7, 11) is 1.70. The van der Waals surface area contributed by atoms with Gasteiger partial charge in [-0.25, -0.2) is 0 Å². The van der Waals surface area contributed by atoms with E-state index in [9.17, 15) is 14.9 Å². The molecule has 0 aliphatic carbocycles. The fraction of sp³-hybridized carbons (Fsp3) is 0.286. The normalized spacial score (nSPS) is 19.0. The molecule has 8 heteroatoms. The number of benzene rings is 2. The van der Waals surface area contributed by atoms with Crippen molar-refractivity contribution in [1.82, 2.24) is 0 Å². The van der Waals surface area contributed by atoms with E-state index in [1.165, 1.54) is 12.1 Å². The molecule has 1 amide bonds. The van der Waals surface area contributed by atoms with Gasteiger partial charge in [-0.3, -0.25) is 14.9 Å². The van der Waals surface area contributed by atoms with E-state index in [1.54, 1.807) is 30.2 Å². The summed E-state index contributed by atoms with van der Waals surface area (Å²) in [5, 5.41) is 11.1. The molecular weight excluding hydrogens is 374 g/mol. The van der Waals surface area contributed by atoms with Crippen molar-refractivity contribution in [3.05, 3.63) is 69.3 Å². The number of amides is 1. The van der Waals surface area contributed by atoms with Crippen LogP contribution in [0.5, 0.6) is 0 Å². The summed E-state index contributed by atoms with van der Waals surface area (Å²) < 4.78 is 11.8. The zero-order valence-electron chi connectivity index (χ0n) is 16.0. The van der Waals surface area contributed by atoms with Crippen molar-refractivity contribution in [2.24, 2.45) is 5.73 Å².